The molecule has 4 rings (SSSR count). The average Bonchev–Trinajstić information content (AvgIpc) is 3.22. The first-order valence-corrected chi connectivity index (χ1v) is 14.8. The van der Waals surface area contributed by atoms with Gasteiger partial charge in [0.1, 0.15) is 18.1 Å². The topological polar surface area (TPSA) is 85.4 Å². The highest BCUT2D eigenvalue weighted by Gasteiger charge is 2.43. The van der Waals surface area contributed by atoms with Crippen molar-refractivity contribution in [1.82, 2.24) is 24.3 Å². The third kappa shape index (κ3) is 5.61. The van der Waals surface area contributed by atoms with E-state index in [1.165, 1.54) is 4.31 Å². The highest BCUT2D eigenvalue weighted by molar-refractivity contribution is 7.89. The molecule has 0 radical (unpaired) electrons. The summed E-state index contributed by atoms with van der Waals surface area (Å²) in [4.78, 5) is 19.0. The van der Waals surface area contributed by atoms with E-state index in [2.05, 4.69) is 17.1 Å². The van der Waals surface area contributed by atoms with Crippen molar-refractivity contribution in [3.8, 4) is 5.75 Å². The molecule has 2 unspecified atom stereocenters. The standard InChI is InChI=1S/C25H37ClFN5O4S/c1-4-9-31-17-20-22(28-24(33)23(20)29(3)25(31)26)19-16-18(6-7-21(19)36-15-5-2)37(34,35)32-13-11-30(10-8-27)12-14-32/h6-7,16,22,25H,4-5,8-15,17H2,1-3H3,(H,28,33). The molecular formula is C25H37ClFN5O4S. The van der Waals surface area contributed by atoms with Gasteiger partial charge in [-0.25, -0.2) is 12.8 Å². The van der Waals surface area contributed by atoms with Gasteiger partial charge in [-0.2, -0.15) is 4.31 Å². The van der Waals surface area contributed by atoms with Gasteiger partial charge in [0.2, 0.25) is 10.0 Å². The number of halogens is 2. The summed E-state index contributed by atoms with van der Waals surface area (Å²) in [5.41, 5.74) is 1.55. The Bertz CT molecular complexity index is 1130. The van der Waals surface area contributed by atoms with Crippen molar-refractivity contribution >= 4 is 27.5 Å². The maximum Gasteiger partial charge on any atom is 0.268 e. The number of rotatable bonds is 10. The van der Waals surface area contributed by atoms with Crippen molar-refractivity contribution in [2.45, 2.75) is 43.3 Å². The number of sulfonamides is 1. The van der Waals surface area contributed by atoms with Gasteiger partial charge in [0, 0.05) is 58.4 Å². The first-order chi connectivity index (χ1) is 17.7. The highest BCUT2D eigenvalue weighted by atomic mass is 35.5. The zero-order valence-electron chi connectivity index (χ0n) is 21.8. The first kappa shape index (κ1) is 28.1. The monoisotopic (exact) mass is 557 g/mol. The Morgan fingerprint density at radius 1 is 1.14 bits per heavy atom. The van der Waals surface area contributed by atoms with E-state index >= 15 is 0 Å². The van der Waals surface area contributed by atoms with Crippen molar-refractivity contribution in [3.05, 3.63) is 35.0 Å². The molecule has 9 nitrogen and oxygen atoms in total. The van der Waals surface area contributed by atoms with Crippen LogP contribution in [0.1, 0.15) is 38.3 Å². The lowest BCUT2D eigenvalue weighted by atomic mass is 9.97. The van der Waals surface area contributed by atoms with Crippen molar-refractivity contribution in [2.75, 3.05) is 66.1 Å². The zero-order valence-corrected chi connectivity index (χ0v) is 23.3. The number of carbonyl (C=O) groups is 1. The lowest BCUT2D eigenvalue weighted by Crippen LogP contribution is -2.49. The number of hydrogen-bond donors (Lipinski definition) is 1. The summed E-state index contributed by atoms with van der Waals surface area (Å²) in [5.74, 6) is 0.313. The van der Waals surface area contributed by atoms with Gasteiger partial charge >= 0.3 is 0 Å². The van der Waals surface area contributed by atoms with Gasteiger partial charge in [0.05, 0.1) is 17.5 Å². The van der Waals surface area contributed by atoms with E-state index in [4.69, 9.17) is 16.3 Å². The summed E-state index contributed by atoms with van der Waals surface area (Å²) in [6.07, 6.45) is 1.69. The fraction of sp³-hybridized carbons (Fsp3) is 0.640. The molecule has 1 saturated heterocycles. The molecule has 1 amide bonds. The second-order valence-electron chi connectivity index (χ2n) is 9.66. The van der Waals surface area contributed by atoms with Crippen LogP contribution in [0.25, 0.3) is 0 Å². The van der Waals surface area contributed by atoms with Crippen LogP contribution < -0.4 is 10.1 Å². The molecule has 0 bridgehead atoms. The van der Waals surface area contributed by atoms with E-state index in [-0.39, 0.29) is 10.8 Å². The quantitative estimate of drug-likeness (QED) is 0.349. The molecule has 1 aromatic carbocycles. The summed E-state index contributed by atoms with van der Waals surface area (Å²) >= 11 is 6.64. The Morgan fingerprint density at radius 2 is 1.86 bits per heavy atom. The number of nitrogens with one attached hydrogen (secondary N) is 1. The lowest BCUT2D eigenvalue weighted by molar-refractivity contribution is -0.118. The number of carbonyl (C=O) groups excluding carboxylic acids is 1. The van der Waals surface area contributed by atoms with E-state index in [0.29, 0.717) is 62.9 Å². The summed E-state index contributed by atoms with van der Waals surface area (Å²) in [6.45, 7) is 7.23. The van der Waals surface area contributed by atoms with Crippen molar-refractivity contribution in [3.63, 3.8) is 0 Å². The van der Waals surface area contributed by atoms with Crippen LogP contribution in [-0.4, -0.2) is 105 Å². The van der Waals surface area contributed by atoms with E-state index in [0.717, 1.165) is 25.0 Å². The number of nitrogens with zero attached hydrogens (tertiary/aromatic N) is 4. The van der Waals surface area contributed by atoms with Crippen LogP contribution >= 0.6 is 11.6 Å². The van der Waals surface area contributed by atoms with Crippen LogP contribution in [0.2, 0.25) is 0 Å². The van der Waals surface area contributed by atoms with Gasteiger partial charge in [-0.15, -0.1) is 0 Å². The number of likely N-dealkylation sites (N-methyl/N-ethyl adjacent to an activating group) is 1. The molecule has 206 valence electrons. The van der Waals surface area contributed by atoms with Crippen LogP contribution in [0.4, 0.5) is 4.39 Å². The number of ether oxygens (including phenoxy) is 1. The summed E-state index contributed by atoms with van der Waals surface area (Å²) < 4.78 is 47.3. The Balaban J connectivity index is 1.70. The van der Waals surface area contributed by atoms with Crippen LogP contribution in [0.3, 0.4) is 0 Å². The predicted octanol–water partition coefficient (Wildman–Crippen LogP) is 2.36. The van der Waals surface area contributed by atoms with Gasteiger partial charge in [-0.1, -0.05) is 25.4 Å². The van der Waals surface area contributed by atoms with E-state index in [9.17, 15) is 17.6 Å². The van der Waals surface area contributed by atoms with Gasteiger partial charge in [-0.3, -0.25) is 14.6 Å². The second-order valence-corrected chi connectivity index (χ2v) is 12.0. The Kier molecular flexibility index (Phi) is 9.00. The van der Waals surface area contributed by atoms with Crippen LogP contribution in [0.15, 0.2) is 34.4 Å². The average molecular weight is 558 g/mol. The molecule has 12 heteroatoms. The molecule has 0 spiro atoms. The fourth-order valence-corrected chi connectivity index (χ4v) is 6.95. The zero-order chi connectivity index (χ0) is 26.7. The Morgan fingerprint density at radius 3 is 2.51 bits per heavy atom. The Labute approximate surface area is 224 Å². The van der Waals surface area contributed by atoms with Gasteiger partial charge < -0.3 is 15.0 Å². The van der Waals surface area contributed by atoms with Crippen molar-refractivity contribution in [2.24, 2.45) is 0 Å². The molecule has 1 N–H and O–H groups in total. The molecule has 3 aliphatic heterocycles. The van der Waals surface area contributed by atoms with Gasteiger partial charge in [-0.05, 0) is 36.6 Å². The third-order valence-corrected chi connectivity index (χ3v) is 9.59. The van der Waals surface area contributed by atoms with Gasteiger partial charge in [0.15, 0.2) is 5.62 Å². The molecular weight excluding hydrogens is 521 g/mol. The molecule has 0 aromatic heterocycles. The predicted molar refractivity (Wildman–Crippen MR) is 141 cm³/mol. The van der Waals surface area contributed by atoms with Crippen molar-refractivity contribution < 1.29 is 22.3 Å². The number of benzene rings is 1. The van der Waals surface area contributed by atoms with Crippen LogP contribution in [-0.2, 0) is 14.8 Å². The molecule has 0 saturated carbocycles. The normalized spacial score (nSPS) is 23.9. The van der Waals surface area contributed by atoms with E-state index < -0.39 is 28.4 Å². The van der Waals surface area contributed by atoms with E-state index in [1.807, 2.05) is 11.8 Å². The van der Waals surface area contributed by atoms with Crippen LogP contribution in [0.5, 0.6) is 5.75 Å². The number of amides is 1. The minimum atomic E-state index is -3.78. The smallest absolute Gasteiger partial charge is 0.268 e. The number of hydrogen-bond acceptors (Lipinski definition) is 7. The molecule has 1 aromatic rings. The number of piperazine rings is 1. The van der Waals surface area contributed by atoms with E-state index in [1.54, 1.807) is 30.1 Å². The summed E-state index contributed by atoms with van der Waals surface area (Å²) in [7, 11) is -1.98. The second kappa shape index (κ2) is 11.9. The molecule has 37 heavy (non-hydrogen) atoms. The lowest BCUT2D eigenvalue weighted by Gasteiger charge is -2.40. The number of alkyl halides is 2. The summed E-state index contributed by atoms with van der Waals surface area (Å²) in [5, 5.41) is 3.05. The molecule has 3 heterocycles. The van der Waals surface area contributed by atoms with Gasteiger partial charge in [0.25, 0.3) is 5.91 Å². The highest BCUT2D eigenvalue weighted by Crippen LogP contribution is 2.41. The maximum absolute atomic E-state index is 13.6. The Hall–Kier alpha value is -1.92. The SMILES string of the molecule is CCCOc1ccc(S(=O)(=O)N2CCN(CCF)CC2)cc1C1NC(=O)C2=C1CN(CCC)C(Cl)N2C. The minimum absolute atomic E-state index is 0.151. The summed E-state index contributed by atoms with van der Waals surface area (Å²) in [6, 6.07) is 4.35. The molecule has 0 aliphatic carbocycles. The molecule has 2 atom stereocenters. The largest absolute Gasteiger partial charge is 0.493 e. The fourth-order valence-electron chi connectivity index (χ4n) is 5.22. The van der Waals surface area contributed by atoms with Crippen molar-refractivity contribution in [1.29, 1.82) is 0 Å². The van der Waals surface area contributed by atoms with Crippen LogP contribution in [0, 0.1) is 0 Å². The first-order valence-electron chi connectivity index (χ1n) is 12.9. The maximum atomic E-state index is 13.6. The minimum Gasteiger partial charge on any atom is -0.493 e. The molecule has 1 fully saturated rings. The third-order valence-electron chi connectivity index (χ3n) is 7.12. The molecule has 3 aliphatic rings.